The van der Waals surface area contributed by atoms with Crippen LogP contribution in [0.5, 0.6) is 0 Å². The number of rotatable bonds is 7. The van der Waals surface area contributed by atoms with Crippen molar-refractivity contribution in [2.75, 3.05) is 46.5 Å². The molecule has 0 aromatic rings. The number of hydrogen-bond donors (Lipinski definition) is 2. The second-order valence-electron chi connectivity index (χ2n) is 6.04. The maximum absolute atomic E-state index is 11.7. The summed E-state index contributed by atoms with van der Waals surface area (Å²) in [5, 5.41) is 5.93. The summed E-state index contributed by atoms with van der Waals surface area (Å²) >= 11 is 0. The number of likely N-dealkylation sites (tertiary alicyclic amines) is 1. The first-order valence-electron chi connectivity index (χ1n) is 8.16. The zero-order chi connectivity index (χ0) is 14.9. The molecule has 2 saturated heterocycles. The Bertz CT molecular complexity index is 301. The van der Waals surface area contributed by atoms with Gasteiger partial charge in [0.05, 0.1) is 12.7 Å². The van der Waals surface area contributed by atoms with Crippen LogP contribution in [0.15, 0.2) is 0 Å². The Morgan fingerprint density at radius 1 is 1.33 bits per heavy atom. The molecule has 0 bridgehead atoms. The number of nitrogens with one attached hydrogen (secondary N) is 2. The van der Waals surface area contributed by atoms with Crippen molar-refractivity contribution in [1.29, 1.82) is 0 Å². The minimum atomic E-state index is -0.0521. The van der Waals surface area contributed by atoms with Crippen LogP contribution in [0.2, 0.25) is 0 Å². The van der Waals surface area contributed by atoms with E-state index in [9.17, 15) is 4.79 Å². The molecule has 2 rings (SSSR count). The Kier molecular flexibility index (Phi) is 7.26. The zero-order valence-corrected chi connectivity index (χ0v) is 13.1. The van der Waals surface area contributed by atoms with E-state index >= 15 is 0 Å². The van der Waals surface area contributed by atoms with Crippen molar-refractivity contribution in [3.8, 4) is 0 Å². The minimum absolute atomic E-state index is 0.0521. The third-order valence-corrected chi connectivity index (χ3v) is 4.13. The number of amides is 2. The fraction of sp³-hybridized carbons (Fsp3) is 0.933. The molecule has 6 heteroatoms. The van der Waals surface area contributed by atoms with Crippen molar-refractivity contribution in [3.05, 3.63) is 0 Å². The number of hydrogen-bond acceptors (Lipinski definition) is 4. The van der Waals surface area contributed by atoms with E-state index in [0.717, 1.165) is 51.8 Å². The summed E-state index contributed by atoms with van der Waals surface area (Å²) in [5.74, 6) is 0. The number of ether oxygens (including phenoxy) is 2. The van der Waals surface area contributed by atoms with E-state index in [1.807, 2.05) is 0 Å². The molecule has 6 nitrogen and oxygen atoms in total. The number of carbonyl (C=O) groups is 1. The maximum atomic E-state index is 11.7. The van der Waals surface area contributed by atoms with E-state index in [2.05, 4.69) is 22.6 Å². The first-order valence-corrected chi connectivity index (χ1v) is 8.16. The van der Waals surface area contributed by atoms with Crippen molar-refractivity contribution in [2.24, 2.45) is 0 Å². The molecular formula is C15H29N3O3. The van der Waals surface area contributed by atoms with Crippen LogP contribution < -0.4 is 10.6 Å². The topological polar surface area (TPSA) is 62.8 Å². The molecule has 122 valence electrons. The quantitative estimate of drug-likeness (QED) is 0.688. The Labute approximate surface area is 127 Å². The Balaban J connectivity index is 1.42. The van der Waals surface area contributed by atoms with E-state index in [-0.39, 0.29) is 12.1 Å². The zero-order valence-electron chi connectivity index (χ0n) is 13.1. The molecule has 21 heavy (non-hydrogen) atoms. The summed E-state index contributed by atoms with van der Waals surface area (Å²) in [7, 11) is 2.12. The van der Waals surface area contributed by atoms with Gasteiger partial charge in [0.15, 0.2) is 0 Å². The van der Waals surface area contributed by atoms with E-state index < -0.39 is 0 Å². The highest BCUT2D eigenvalue weighted by atomic mass is 16.5. The lowest BCUT2D eigenvalue weighted by Gasteiger charge is -2.29. The van der Waals surface area contributed by atoms with Crippen LogP contribution in [0, 0.1) is 0 Å². The van der Waals surface area contributed by atoms with Gasteiger partial charge >= 0.3 is 6.03 Å². The van der Waals surface area contributed by atoms with E-state index in [1.54, 1.807) is 0 Å². The highest BCUT2D eigenvalue weighted by Crippen LogP contribution is 2.11. The second kappa shape index (κ2) is 9.23. The lowest BCUT2D eigenvalue weighted by Crippen LogP contribution is -2.47. The predicted octanol–water partition coefficient (Wildman–Crippen LogP) is 0.966. The Hall–Kier alpha value is -0.850. The molecule has 1 unspecified atom stereocenters. The van der Waals surface area contributed by atoms with Gasteiger partial charge in [-0.05, 0) is 52.2 Å². The summed E-state index contributed by atoms with van der Waals surface area (Å²) in [4.78, 5) is 14.0. The monoisotopic (exact) mass is 299 g/mol. The van der Waals surface area contributed by atoms with Gasteiger partial charge < -0.3 is 25.0 Å². The van der Waals surface area contributed by atoms with E-state index in [4.69, 9.17) is 9.47 Å². The number of piperidine rings is 1. The normalized spacial score (nSPS) is 24.1. The van der Waals surface area contributed by atoms with E-state index in [0.29, 0.717) is 25.8 Å². The first-order chi connectivity index (χ1) is 10.2. The SMILES string of the molecule is CN1CCC(NC(=O)NCCCOCC2CCCO2)CC1. The molecule has 0 aliphatic carbocycles. The van der Waals surface area contributed by atoms with E-state index in [1.165, 1.54) is 0 Å². The first kappa shape index (κ1) is 16.5. The van der Waals surface area contributed by atoms with Crippen LogP contribution in [0.25, 0.3) is 0 Å². The molecule has 0 radical (unpaired) electrons. The van der Waals surface area contributed by atoms with Crippen LogP contribution in [-0.4, -0.2) is 69.6 Å². The fourth-order valence-electron chi connectivity index (χ4n) is 2.76. The lowest BCUT2D eigenvalue weighted by molar-refractivity contribution is 0.0167. The minimum Gasteiger partial charge on any atom is -0.379 e. The predicted molar refractivity (Wildman–Crippen MR) is 81.5 cm³/mol. The molecule has 0 saturated carbocycles. The van der Waals surface area contributed by atoms with Gasteiger partial charge in [-0.15, -0.1) is 0 Å². The lowest BCUT2D eigenvalue weighted by atomic mass is 10.1. The molecule has 0 aromatic heterocycles. The summed E-state index contributed by atoms with van der Waals surface area (Å²) in [5.41, 5.74) is 0. The van der Waals surface area contributed by atoms with Crippen molar-refractivity contribution < 1.29 is 14.3 Å². The molecule has 2 fully saturated rings. The molecule has 0 aromatic carbocycles. The fourth-order valence-corrected chi connectivity index (χ4v) is 2.76. The number of nitrogens with zero attached hydrogens (tertiary/aromatic N) is 1. The molecule has 0 spiro atoms. The highest BCUT2D eigenvalue weighted by Gasteiger charge is 2.18. The average Bonchev–Trinajstić information content (AvgIpc) is 2.98. The van der Waals surface area contributed by atoms with Crippen molar-refractivity contribution >= 4 is 6.03 Å². The smallest absolute Gasteiger partial charge is 0.315 e. The molecule has 2 aliphatic heterocycles. The standard InChI is InChI=1S/C15H29N3O3/c1-18-8-5-13(6-9-18)17-15(19)16-7-3-10-20-12-14-4-2-11-21-14/h13-14H,2-12H2,1H3,(H2,16,17,19). The Morgan fingerprint density at radius 3 is 2.86 bits per heavy atom. The van der Waals surface area contributed by atoms with Gasteiger partial charge in [0.25, 0.3) is 0 Å². The van der Waals surface area contributed by atoms with Crippen LogP contribution in [0.1, 0.15) is 32.1 Å². The van der Waals surface area contributed by atoms with Gasteiger partial charge in [0, 0.05) is 25.8 Å². The Morgan fingerprint density at radius 2 is 2.14 bits per heavy atom. The molecule has 2 N–H and O–H groups in total. The maximum Gasteiger partial charge on any atom is 0.315 e. The van der Waals surface area contributed by atoms with Gasteiger partial charge in [-0.2, -0.15) is 0 Å². The molecule has 2 amide bonds. The average molecular weight is 299 g/mol. The second-order valence-corrected chi connectivity index (χ2v) is 6.04. The molecule has 2 heterocycles. The van der Waals surface area contributed by atoms with Gasteiger partial charge in [-0.25, -0.2) is 4.79 Å². The van der Waals surface area contributed by atoms with Gasteiger partial charge in [0.1, 0.15) is 0 Å². The molecule has 2 aliphatic rings. The van der Waals surface area contributed by atoms with Gasteiger partial charge in [-0.3, -0.25) is 0 Å². The van der Waals surface area contributed by atoms with Gasteiger partial charge in [0.2, 0.25) is 0 Å². The van der Waals surface area contributed by atoms with Crippen LogP contribution in [0.3, 0.4) is 0 Å². The van der Waals surface area contributed by atoms with Gasteiger partial charge in [-0.1, -0.05) is 0 Å². The summed E-state index contributed by atoms with van der Waals surface area (Å²) in [6, 6.07) is 0.264. The third kappa shape index (κ3) is 6.63. The third-order valence-electron chi connectivity index (χ3n) is 4.13. The molecule has 1 atom stereocenters. The van der Waals surface area contributed by atoms with Crippen molar-refractivity contribution in [3.63, 3.8) is 0 Å². The largest absolute Gasteiger partial charge is 0.379 e. The highest BCUT2D eigenvalue weighted by molar-refractivity contribution is 5.74. The van der Waals surface area contributed by atoms with Crippen molar-refractivity contribution in [1.82, 2.24) is 15.5 Å². The summed E-state index contributed by atoms with van der Waals surface area (Å²) in [6.07, 6.45) is 5.45. The van der Waals surface area contributed by atoms with Crippen LogP contribution in [-0.2, 0) is 9.47 Å². The van der Waals surface area contributed by atoms with Crippen LogP contribution >= 0.6 is 0 Å². The molecular weight excluding hydrogens is 270 g/mol. The van der Waals surface area contributed by atoms with Crippen LogP contribution in [0.4, 0.5) is 4.79 Å². The number of carbonyl (C=O) groups excluding carboxylic acids is 1. The summed E-state index contributed by atoms with van der Waals surface area (Å²) < 4.78 is 11.0. The summed E-state index contributed by atoms with van der Waals surface area (Å²) in [6.45, 7) is 5.00. The van der Waals surface area contributed by atoms with Crippen molar-refractivity contribution in [2.45, 2.75) is 44.2 Å². The number of urea groups is 1.